The number of anilines is 1. The quantitative estimate of drug-likeness (QED) is 0.548. The molecule has 3 aromatic rings. The molecule has 156 valence electrons. The van der Waals surface area contributed by atoms with Crippen LogP contribution in [-0.2, 0) is 16.4 Å². The van der Waals surface area contributed by atoms with Gasteiger partial charge in [-0.15, -0.1) is 13.9 Å². The van der Waals surface area contributed by atoms with E-state index in [1.807, 2.05) is 0 Å². The van der Waals surface area contributed by atoms with Gasteiger partial charge in [0.15, 0.2) is 27.2 Å². The van der Waals surface area contributed by atoms with E-state index < -0.39 is 22.0 Å². The Bertz CT molecular complexity index is 1360. The lowest BCUT2D eigenvalue weighted by Gasteiger charge is -2.14. The first kappa shape index (κ1) is 19.2. The molecule has 0 spiro atoms. The van der Waals surface area contributed by atoms with Gasteiger partial charge in [0, 0.05) is 16.2 Å². The van der Waals surface area contributed by atoms with Gasteiger partial charge in [0.1, 0.15) is 4.90 Å². The molecule has 2 aliphatic heterocycles. The van der Waals surface area contributed by atoms with E-state index in [0.717, 1.165) is 0 Å². The monoisotopic (exact) mass is 499 g/mol. The average molecular weight is 500 g/mol. The predicted molar refractivity (Wildman–Crippen MR) is 104 cm³/mol. The molecule has 12 heteroatoms. The Morgan fingerprint density at radius 1 is 1.23 bits per heavy atom. The van der Waals surface area contributed by atoms with Crippen molar-refractivity contribution in [1.29, 1.82) is 0 Å². The highest BCUT2D eigenvalue weighted by molar-refractivity contribution is 9.10. The van der Waals surface area contributed by atoms with Crippen LogP contribution in [0.3, 0.4) is 0 Å². The SMILES string of the molecule is CCS(=O)(=O)c1c(N2Cc3cc4c(cc3C2=O)OC(F)(F)O4)nn2cc(Br)ccc12. The summed E-state index contributed by atoms with van der Waals surface area (Å²) in [4.78, 5) is 14.2. The number of alkyl halides is 2. The number of amides is 1. The zero-order valence-corrected chi connectivity index (χ0v) is 17.6. The lowest BCUT2D eigenvalue weighted by Crippen LogP contribution is -2.26. The van der Waals surface area contributed by atoms with Crippen LogP contribution in [0, 0.1) is 0 Å². The molecule has 0 unspecified atom stereocenters. The summed E-state index contributed by atoms with van der Waals surface area (Å²) in [6.45, 7) is 1.45. The molecule has 0 atom stereocenters. The summed E-state index contributed by atoms with van der Waals surface area (Å²) in [5.74, 6) is -1.22. The molecule has 2 aliphatic rings. The summed E-state index contributed by atoms with van der Waals surface area (Å²) < 4.78 is 63.2. The maximum atomic E-state index is 13.3. The number of ether oxygens (including phenoxy) is 2. The van der Waals surface area contributed by atoms with Crippen LogP contribution in [0.5, 0.6) is 11.5 Å². The summed E-state index contributed by atoms with van der Waals surface area (Å²) >= 11 is 3.31. The Hall–Kier alpha value is -2.73. The Labute approximate surface area is 177 Å². The highest BCUT2D eigenvalue weighted by Gasteiger charge is 2.45. The standard InChI is InChI=1S/C18H12BrF2N3O5S/c1-2-30(26,27)15-12-4-3-10(19)8-24(12)22-16(15)23-7-9-5-13-14(6-11(9)17(23)25)29-18(20,21)28-13/h3-6,8H,2,7H2,1H3. The molecule has 0 saturated carbocycles. The van der Waals surface area contributed by atoms with Gasteiger partial charge in [-0.3, -0.25) is 9.69 Å². The number of fused-ring (bicyclic) bond motifs is 3. The maximum Gasteiger partial charge on any atom is 0.586 e. The van der Waals surface area contributed by atoms with Crippen LogP contribution < -0.4 is 14.4 Å². The Kier molecular flexibility index (Phi) is 3.94. The molecule has 0 aliphatic carbocycles. The van der Waals surface area contributed by atoms with Crippen molar-refractivity contribution in [2.75, 3.05) is 10.7 Å². The third kappa shape index (κ3) is 2.77. The van der Waals surface area contributed by atoms with Gasteiger partial charge in [-0.2, -0.15) is 0 Å². The van der Waals surface area contributed by atoms with Crippen molar-refractivity contribution in [2.24, 2.45) is 0 Å². The van der Waals surface area contributed by atoms with Crippen molar-refractivity contribution in [3.05, 3.63) is 46.1 Å². The van der Waals surface area contributed by atoms with E-state index in [4.69, 9.17) is 0 Å². The van der Waals surface area contributed by atoms with E-state index >= 15 is 0 Å². The minimum Gasteiger partial charge on any atom is -0.395 e. The van der Waals surface area contributed by atoms with E-state index in [1.165, 1.54) is 28.5 Å². The molecule has 0 fully saturated rings. The smallest absolute Gasteiger partial charge is 0.395 e. The third-order valence-electron chi connectivity index (χ3n) is 4.91. The zero-order valence-electron chi connectivity index (χ0n) is 15.2. The van der Waals surface area contributed by atoms with E-state index in [-0.39, 0.29) is 40.1 Å². The number of carbonyl (C=O) groups is 1. The van der Waals surface area contributed by atoms with Crippen molar-refractivity contribution in [1.82, 2.24) is 9.61 Å². The number of carbonyl (C=O) groups excluding carboxylic acids is 1. The summed E-state index contributed by atoms with van der Waals surface area (Å²) in [6, 6.07) is 5.74. The second-order valence-corrected chi connectivity index (χ2v) is 9.88. The lowest BCUT2D eigenvalue weighted by molar-refractivity contribution is -0.286. The highest BCUT2D eigenvalue weighted by Crippen LogP contribution is 2.45. The first-order valence-electron chi connectivity index (χ1n) is 8.75. The molecule has 8 nitrogen and oxygen atoms in total. The average Bonchev–Trinajstić information content (AvgIpc) is 3.29. The largest absolute Gasteiger partial charge is 0.586 e. The van der Waals surface area contributed by atoms with Gasteiger partial charge >= 0.3 is 6.29 Å². The molecular formula is C18H12BrF2N3O5S. The number of hydrogen-bond donors (Lipinski definition) is 0. The third-order valence-corrected chi connectivity index (χ3v) is 7.15. The van der Waals surface area contributed by atoms with Crippen molar-refractivity contribution in [3.63, 3.8) is 0 Å². The molecule has 1 amide bonds. The van der Waals surface area contributed by atoms with Crippen molar-refractivity contribution < 1.29 is 31.5 Å². The normalized spacial score (nSPS) is 17.1. The molecule has 4 heterocycles. The molecule has 0 radical (unpaired) electrons. The number of pyridine rings is 1. The Morgan fingerprint density at radius 2 is 1.93 bits per heavy atom. The molecule has 0 N–H and O–H groups in total. The molecular weight excluding hydrogens is 488 g/mol. The molecule has 0 saturated heterocycles. The van der Waals surface area contributed by atoms with E-state index in [0.29, 0.717) is 15.6 Å². The van der Waals surface area contributed by atoms with Crippen LogP contribution in [0.2, 0.25) is 0 Å². The molecule has 0 bridgehead atoms. The second kappa shape index (κ2) is 6.14. The number of halogens is 3. The fraction of sp³-hybridized carbons (Fsp3) is 0.222. The Balaban J connectivity index is 1.65. The first-order chi connectivity index (χ1) is 14.1. The number of benzene rings is 1. The number of nitrogens with zero attached hydrogens (tertiary/aromatic N) is 3. The van der Waals surface area contributed by atoms with Crippen LogP contribution in [0.1, 0.15) is 22.8 Å². The van der Waals surface area contributed by atoms with Crippen molar-refractivity contribution in [3.8, 4) is 11.5 Å². The van der Waals surface area contributed by atoms with Crippen LogP contribution in [-0.4, -0.2) is 36.0 Å². The van der Waals surface area contributed by atoms with E-state index in [1.54, 1.807) is 18.3 Å². The van der Waals surface area contributed by atoms with Crippen LogP contribution in [0.15, 0.2) is 39.8 Å². The summed E-state index contributed by atoms with van der Waals surface area (Å²) in [5, 5.41) is 4.34. The number of hydrogen-bond acceptors (Lipinski definition) is 6. The van der Waals surface area contributed by atoms with Gasteiger partial charge in [-0.1, -0.05) is 6.92 Å². The highest BCUT2D eigenvalue weighted by atomic mass is 79.9. The van der Waals surface area contributed by atoms with Gasteiger partial charge in [-0.25, -0.2) is 12.9 Å². The fourth-order valence-corrected chi connectivity index (χ4v) is 5.06. The minimum atomic E-state index is -3.79. The zero-order chi connectivity index (χ0) is 21.4. The molecule has 2 aromatic heterocycles. The van der Waals surface area contributed by atoms with Gasteiger partial charge in [-0.05, 0) is 45.8 Å². The molecule has 30 heavy (non-hydrogen) atoms. The minimum absolute atomic E-state index is 0.0246. The van der Waals surface area contributed by atoms with Crippen LogP contribution in [0.25, 0.3) is 5.52 Å². The second-order valence-electron chi connectivity index (χ2n) is 6.75. The first-order valence-corrected chi connectivity index (χ1v) is 11.2. The van der Waals surface area contributed by atoms with Gasteiger partial charge < -0.3 is 9.47 Å². The summed E-state index contributed by atoms with van der Waals surface area (Å²) in [7, 11) is -3.74. The van der Waals surface area contributed by atoms with Crippen LogP contribution in [0.4, 0.5) is 14.6 Å². The van der Waals surface area contributed by atoms with Gasteiger partial charge in [0.25, 0.3) is 5.91 Å². The molecule has 1 aromatic carbocycles. The van der Waals surface area contributed by atoms with Crippen molar-refractivity contribution in [2.45, 2.75) is 24.7 Å². The summed E-state index contributed by atoms with van der Waals surface area (Å²) in [6.07, 6.45) is -2.21. The lowest BCUT2D eigenvalue weighted by atomic mass is 10.1. The maximum absolute atomic E-state index is 13.3. The number of rotatable bonds is 3. The topological polar surface area (TPSA) is 90.2 Å². The van der Waals surface area contributed by atoms with Gasteiger partial charge in [0.05, 0.1) is 17.8 Å². The van der Waals surface area contributed by atoms with E-state index in [2.05, 4.69) is 30.5 Å². The van der Waals surface area contributed by atoms with Gasteiger partial charge in [0.2, 0.25) is 0 Å². The molecule has 5 rings (SSSR count). The fourth-order valence-electron chi connectivity index (χ4n) is 3.54. The predicted octanol–water partition coefficient (Wildman–Crippen LogP) is 3.37. The van der Waals surface area contributed by atoms with Crippen LogP contribution >= 0.6 is 15.9 Å². The van der Waals surface area contributed by atoms with E-state index in [9.17, 15) is 22.0 Å². The summed E-state index contributed by atoms with van der Waals surface area (Å²) in [5.41, 5.74) is 0.846. The Morgan fingerprint density at radius 3 is 2.63 bits per heavy atom. The van der Waals surface area contributed by atoms with Crippen molar-refractivity contribution >= 4 is 43.0 Å². The number of sulfone groups is 1. The number of aromatic nitrogens is 2.